The highest BCUT2D eigenvalue weighted by Gasteiger charge is 2.36. The Bertz CT molecular complexity index is 924. The van der Waals surface area contributed by atoms with Crippen molar-refractivity contribution in [1.29, 1.82) is 0 Å². The molecule has 1 aliphatic rings. The smallest absolute Gasteiger partial charge is 0.237 e. The van der Waals surface area contributed by atoms with Crippen molar-refractivity contribution in [2.45, 2.75) is 25.5 Å². The molecular formula is C19H19N5O. The minimum atomic E-state index is 0.0710. The van der Waals surface area contributed by atoms with Gasteiger partial charge in [0, 0.05) is 6.20 Å². The molecule has 1 atom stereocenters. The Hall–Kier alpha value is -3.07. The van der Waals surface area contributed by atoms with E-state index in [1.807, 2.05) is 41.1 Å². The predicted molar refractivity (Wildman–Crippen MR) is 95.9 cm³/mol. The number of rotatable bonds is 6. The van der Waals surface area contributed by atoms with Gasteiger partial charge in [0.2, 0.25) is 12.4 Å². The summed E-state index contributed by atoms with van der Waals surface area (Å²) in [6, 6.07) is 11.9. The molecule has 25 heavy (non-hydrogen) atoms. The molecule has 126 valence electrons. The highest BCUT2D eigenvalue weighted by atomic mass is 16.5. The quantitative estimate of drug-likeness (QED) is 0.701. The zero-order chi connectivity index (χ0) is 17.2. The Morgan fingerprint density at radius 2 is 2.08 bits per heavy atom. The van der Waals surface area contributed by atoms with Gasteiger partial charge in [0.05, 0.1) is 5.52 Å². The molecule has 0 spiro atoms. The number of nitrogens with two attached hydrogens (primary N) is 1. The Labute approximate surface area is 146 Å². The Morgan fingerprint density at radius 3 is 2.80 bits per heavy atom. The van der Waals surface area contributed by atoms with E-state index in [4.69, 9.17) is 17.0 Å². The summed E-state index contributed by atoms with van der Waals surface area (Å²) in [6.07, 6.45) is 4.00. The van der Waals surface area contributed by atoms with Crippen LogP contribution in [0.3, 0.4) is 0 Å². The SMILES string of the molecule is [C-]#[N+]C[C@@H](C1CC1)n1nc(N)c2c(OCc3ccccc3)nccc21. The molecule has 2 N–H and O–H groups in total. The average molecular weight is 333 g/mol. The highest BCUT2D eigenvalue weighted by molar-refractivity contribution is 5.93. The van der Waals surface area contributed by atoms with Gasteiger partial charge in [-0.15, -0.1) is 0 Å². The van der Waals surface area contributed by atoms with Crippen LogP contribution in [-0.4, -0.2) is 21.3 Å². The number of nitrogen functional groups attached to an aromatic ring is 1. The third-order valence-electron chi connectivity index (χ3n) is 4.59. The minimum Gasteiger partial charge on any atom is -0.472 e. The number of hydrogen-bond acceptors (Lipinski definition) is 4. The van der Waals surface area contributed by atoms with E-state index in [2.05, 4.69) is 14.9 Å². The van der Waals surface area contributed by atoms with Gasteiger partial charge in [0.25, 0.3) is 0 Å². The molecule has 2 aromatic heterocycles. The molecule has 1 aliphatic carbocycles. The lowest BCUT2D eigenvalue weighted by atomic mass is 10.2. The van der Waals surface area contributed by atoms with Crippen LogP contribution in [0.5, 0.6) is 5.88 Å². The fourth-order valence-electron chi connectivity index (χ4n) is 3.17. The summed E-state index contributed by atoms with van der Waals surface area (Å²) in [5.41, 5.74) is 8.12. The van der Waals surface area contributed by atoms with Crippen LogP contribution in [0.4, 0.5) is 5.82 Å². The van der Waals surface area contributed by atoms with E-state index in [1.165, 1.54) is 0 Å². The van der Waals surface area contributed by atoms with E-state index < -0.39 is 0 Å². The van der Waals surface area contributed by atoms with Crippen molar-refractivity contribution in [2.75, 3.05) is 12.3 Å². The standard InChI is InChI=1S/C19H19N5O/c1-21-11-16(14-7-8-14)24-15-9-10-22-19(17(15)18(20)23-24)25-12-13-5-3-2-4-6-13/h2-6,9-10,14,16H,7-8,11-12H2,(H2,20,23)/t16-/m0/s1. The van der Waals surface area contributed by atoms with Crippen LogP contribution in [0.1, 0.15) is 24.4 Å². The first-order chi connectivity index (χ1) is 12.3. The summed E-state index contributed by atoms with van der Waals surface area (Å²) in [5, 5.41) is 5.25. The largest absolute Gasteiger partial charge is 0.472 e. The van der Waals surface area contributed by atoms with E-state index in [-0.39, 0.29) is 6.04 Å². The molecule has 0 saturated heterocycles. The van der Waals surface area contributed by atoms with Crippen molar-refractivity contribution in [2.24, 2.45) is 5.92 Å². The second kappa shape index (κ2) is 6.44. The number of pyridine rings is 1. The molecular weight excluding hydrogens is 314 g/mol. The van der Waals surface area contributed by atoms with Crippen molar-refractivity contribution in [3.63, 3.8) is 0 Å². The van der Waals surface area contributed by atoms with Crippen LogP contribution in [0, 0.1) is 12.5 Å². The molecule has 6 heteroatoms. The monoisotopic (exact) mass is 333 g/mol. The Kier molecular flexibility index (Phi) is 3.98. The summed E-state index contributed by atoms with van der Waals surface area (Å²) >= 11 is 0. The molecule has 1 fully saturated rings. The highest BCUT2D eigenvalue weighted by Crippen LogP contribution is 2.42. The van der Waals surface area contributed by atoms with E-state index in [1.54, 1.807) is 6.20 Å². The van der Waals surface area contributed by atoms with E-state index >= 15 is 0 Å². The molecule has 4 rings (SSSR count). The molecule has 6 nitrogen and oxygen atoms in total. The predicted octanol–water partition coefficient (Wildman–Crippen LogP) is 3.46. The maximum absolute atomic E-state index is 7.24. The van der Waals surface area contributed by atoms with Crippen molar-refractivity contribution in [1.82, 2.24) is 14.8 Å². The summed E-state index contributed by atoms with van der Waals surface area (Å²) in [5.74, 6) is 1.41. The number of fused-ring (bicyclic) bond motifs is 1. The van der Waals surface area contributed by atoms with E-state index in [0.717, 1.165) is 29.3 Å². The average Bonchev–Trinajstić information content (AvgIpc) is 3.43. The van der Waals surface area contributed by atoms with Crippen LogP contribution in [0.15, 0.2) is 42.6 Å². The van der Waals surface area contributed by atoms with Gasteiger partial charge in [-0.3, -0.25) is 4.68 Å². The number of benzene rings is 1. The topological polar surface area (TPSA) is 70.3 Å². The van der Waals surface area contributed by atoms with Gasteiger partial charge in [0.15, 0.2) is 5.82 Å². The second-order valence-electron chi connectivity index (χ2n) is 6.36. The third-order valence-corrected chi connectivity index (χ3v) is 4.59. The van der Waals surface area contributed by atoms with Gasteiger partial charge in [-0.25, -0.2) is 11.6 Å². The van der Waals surface area contributed by atoms with Gasteiger partial charge >= 0.3 is 0 Å². The lowest BCUT2D eigenvalue weighted by Gasteiger charge is -2.12. The first-order valence-electron chi connectivity index (χ1n) is 8.40. The van der Waals surface area contributed by atoms with Crippen LogP contribution >= 0.6 is 0 Å². The molecule has 1 aromatic carbocycles. The summed E-state index contributed by atoms with van der Waals surface area (Å²) in [4.78, 5) is 7.94. The Balaban J connectivity index is 1.68. The zero-order valence-corrected chi connectivity index (χ0v) is 13.8. The van der Waals surface area contributed by atoms with Crippen LogP contribution in [0.2, 0.25) is 0 Å². The lowest BCUT2D eigenvalue weighted by Crippen LogP contribution is -2.15. The van der Waals surface area contributed by atoms with Crippen molar-refractivity contribution < 1.29 is 4.74 Å². The fraction of sp³-hybridized carbons (Fsp3) is 0.316. The molecule has 0 aliphatic heterocycles. The Morgan fingerprint density at radius 1 is 1.28 bits per heavy atom. The van der Waals surface area contributed by atoms with E-state index in [9.17, 15) is 0 Å². The van der Waals surface area contributed by atoms with Gasteiger partial charge < -0.3 is 15.3 Å². The molecule has 3 aromatic rings. The molecule has 1 saturated carbocycles. The van der Waals surface area contributed by atoms with Crippen LogP contribution < -0.4 is 10.5 Å². The number of nitrogens with zero attached hydrogens (tertiary/aromatic N) is 4. The number of hydrogen-bond donors (Lipinski definition) is 1. The number of aromatic nitrogens is 3. The van der Waals surface area contributed by atoms with Gasteiger partial charge in [-0.05, 0) is 30.4 Å². The zero-order valence-electron chi connectivity index (χ0n) is 13.8. The van der Waals surface area contributed by atoms with Gasteiger partial charge in [-0.1, -0.05) is 30.3 Å². The normalized spacial score (nSPS) is 15.0. The molecule has 2 heterocycles. The lowest BCUT2D eigenvalue weighted by molar-refractivity contribution is 0.298. The molecule has 0 bridgehead atoms. The van der Waals surface area contributed by atoms with Gasteiger partial charge in [-0.2, -0.15) is 5.10 Å². The molecule has 0 amide bonds. The molecule has 0 unspecified atom stereocenters. The maximum atomic E-state index is 7.24. The van der Waals surface area contributed by atoms with Crippen LogP contribution in [-0.2, 0) is 6.61 Å². The third kappa shape index (κ3) is 3.01. The first kappa shape index (κ1) is 15.5. The maximum Gasteiger partial charge on any atom is 0.237 e. The summed E-state index contributed by atoms with van der Waals surface area (Å²) in [7, 11) is 0. The van der Waals surface area contributed by atoms with Crippen LogP contribution in [0.25, 0.3) is 15.7 Å². The second-order valence-corrected chi connectivity index (χ2v) is 6.36. The summed E-state index contributed by atoms with van der Waals surface area (Å²) in [6.45, 7) is 8.08. The van der Waals surface area contributed by atoms with Crippen molar-refractivity contribution in [3.05, 3.63) is 59.6 Å². The van der Waals surface area contributed by atoms with E-state index in [0.29, 0.717) is 30.8 Å². The molecule has 0 radical (unpaired) electrons. The first-order valence-corrected chi connectivity index (χ1v) is 8.40. The number of ether oxygens (including phenoxy) is 1. The van der Waals surface area contributed by atoms with Crippen molar-refractivity contribution in [3.8, 4) is 5.88 Å². The number of anilines is 1. The van der Waals surface area contributed by atoms with Gasteiger partial charge in [0.1, 0.15) is 18.0 Å². The summed E-state index contributed by atoms with van der Waals surface area (Å²) < 4.78 is 7.81. The fourth-order valence-corrected chi connectivity index (χ4v) is 3.17. The van der Waals surface area contributed by atoms with Crippen molar-refractivity contribution >= 4 is 16.7 Å². The minimum absolute atomic E-state index is 0.0710.